The van der Waals surface area contributed by atoms with Gasteiger partial charge in [0.25, 0.3) is 0 Å². The van der Waals surface area contributed by atoms with Crippen LogP contribution in [0, 0.1) is 5.92 Å². The van der Waals surface area contributed by atoms with Gasteiger partial charge in [-0.15, -0.1) is 0 Å². The molecule has 0 aromatic heterocycles. The van der Waals surface area contributed by atoms with Gasteiger partial charge in [0.15, 0.2) is 0 Å². The lowest BCUT2D eigenvalue weighted by Gasteiger charge is -2.18. The largest absolute Gasteiger partial charge is 0.469 e. The molecule has 1 aliphatic heterocycles. The minimum Gasteiger partial charge on any atom is -0.469 e. The number of hydrogen-bond donors (Lipinski definition) is 1. The Morgan fingerprint density at radius 2 is 1.95 bits per heavy atom. The van der Waals surface area contributed by atoms with Gasteiger partial charge in [0, 0.05) is 11.1 Å². The van der Waals surface area contributed by atoms with E-state index in [4.69, 9.17) is 21.1 Å². The fourth-order valence-electron chi connectivity index (χ4n) is 2.58. The number of carbonyl (C=O) groups is 2. The highest BCUT2D eigenvalue weighted by atomic mass is 35.5. The van der Waals surface area contributed by atoms with Crippen molar-refractivity contribution in [3.05, 3.63) is 34.9 Å². The SMILES string of the molecule is CCOC(=O)[C@@H]1C[C@H](C(=O)OC)[C@H](c2ccc(Cl)cc2)N1. The molecule has 0 spiro atoms. The highest BCUT2D eigenvalue weighted by Gasteiger charge is 2.43. The molecule has 0 aliphatic carbocycles. The van der Waals surface area contributed by atoms with E-state index in [0.29, 0.717) is 18.1 Å². The summed E-state index contributed by atoms with van der Waals surface area (Å²) in [4.78, 5) is 23.8. The molecule has 1 aromatic rings. The van der Waals surface area contributed by atoms with Crippen molar-refractivity contribution in [2.24, 2.45) is 5.92 Å². The van der Waals surface area contributed by atoms with Gasteiger partial charge < -0.3 is 9.47 Å². The van der Waals surface area contributed by atoms with E-state index in [0.717, 1.165) is 5.56 Å². The van der Waals surface area contributed by atoms with Crippen LogP contribution in [0.2, 0.25) is 5.02 Å². The van der Waals surface area contributed by atoms with Crippen LogP contribution in [0.25, 0.3) is 0 Å². The number of nitrogens with one attached hydrogen (secondary N) is 1. The molecule has 0 bridgehead atoms. The van der Waals surface area contributed by atoms with Crippen molar-refractivity contribution >= 4 is 23.5 Å². The maximum atomic E-state index is 12.0. The Hall–Kier alpha value is -1.59. The molecule has 0 amide bonds. The Morgan fingerprint density at radius 3 is 2.52 bits per heavy atom. The van der Waals surface area contributed by atoms with Crippen LogP contribution in [0.3, 0.4) is 0 Å². The van der Waals surface area contributed by atoms with Crippen molar-refractivity contribution in [2.75, 3.05) is 13.7 Å². The molecule has 1 N–H and O–H groups in total. The maximum absolute atomic E-state index is 12.0. The second-order valence-corrected chi connectivity index (χ2v) is 5.30. The Labute approximate surface area is 128 Å². The summed E-state index contributed by atoms with van der Waals surface area (Å²) in [6.07, 6.45) is 0.360. The van der Waals surface area contributed by atoms with Crippen LogP contribution in [-0.2, 0) is 19.1 Å². The number of hydrogen-bond acceptors (Lipinski definition) is 5. The van der Waals surface area contributed by atoms with Crippen molar-refractivity contribution in [3.63, 3.8) is 0 Å². The van der Waals surface area contributed by atoms with Crippen LogP contribution in [0.5, 0.6) is 0 Å². The maximum Gasteiger partial charge on any atom is 0.323 e. The summed E-state index contributed by atoms with van der Waals surface area (Å²) in [5, 5.41) is 3.78. The van der Waals surface area contributed by atoms with Crippen LogP contribution >= 0.6 is 11.6 Å². The van der Waals surface area contributed by atoms with E-state index in [9.17, 15) is 9.59 Å². The van der Waals surface area contributed by atoms with Gasteiger partial charge in [0.05, 0.1) is 19.6 Å². The van der Waals surface area contributed by atoms with Gasteiger partial charge >= 0.3 is 11.9 Å². The highest BCUT2D eigenvalue weighted by molar-refractivity contribution is 6.30. The lowest BCUT2D eigenvalue weighted by atomic mass is 9.93. The van der Waals surface area contributed by atoms with Crippen molar-refractivity contribution in [2.45, 2.75) is 25.4 Å². The third-order valence-corrected chi connectivity index (χ3v) is 3.83. The first-order valence-corrected chi connectivity index (χ1v) is 7.20. The summed E-state index contributed by atoms with van der Waals surface area (Å²) in [7, 11) is 1.35. The summed E-state index contributed by atoms with van der Waals surface area (Å²) < 4.78 is 9.86. The number of carbonyl (C=O) groups excluding carboxylic acids is 2. The monoisotopic (exact) mass is 311 g/mol. The molecule has 0 radical (unpaired) electrons. The van der Waals surface area contributed by atoms with Crippen molar-refractivity contribution < 1.29 is 19.1 Å². The van der Waals surface area contributed by atoms with Gasteiger partial charge in [-0.2, -0.15) is 0 Å². The van der Waals surface area contributed by atoms with Crippen LogP contribution in [0.1, 0.15) is 24.9 Å². The van der Waals surface area contributed by atoms with E-state index in [2.05, 4.69) is 5.32 Å². The molecule has 0 saturated carbocycles. The van der Waals surface area contributed by atoms with E-state index in [1.807, 2.05) is 12.1 Å². The predicted molar refractivity (Wildman–Crippen MR) is 77.9 cm³/mol. The van der Waals surface area contributed by atoms with Gasteiger partial charge in [-0.3, -0.25) is 14.9 Å². The lowest BCUT2D eigenvalue weighted by Crippen LogP contribution is -2.33. The average Bonchev–Trinajstić information content (AvgIpc) is 2.92. The summed E-state index contributed by atoms with van der Waals surface area (Å²) in [5.41, 5.74) is 0.890. The fraction of sp³-hybridized carbons (Fsp3) is 0.467. The second-order valence-electron chi connectivity index (χ2n) is 4.87. The molecule has 1 saturated heterocycles. The molecule has 3 atom stereocenters. The van der Waals surface area contributed by atoms with E-state index in [1.54, 1.807) is 19.1 Å². The standard InChI is InChI=1S/C15H18ClNO4/c1-3-21-15(19)12-8-11(14(18)20-2)13(17-12)9-4-6-10(16)7-5-9/h4-7,11-13,17H,3,8H2,1-2H3/t11-,12-,13-/m0/s1. The number of methoxy groups -OCH3 is 1. The van der Waals surface area contributed by atoms with Crippen LogP contribution in [0.4, 0.5) is 0 Å². The Balaban J connectivity index is 2.21. The predicted octanol–water partition coefficient (Wildman–Crippen LogP) is 2.10. The molecule has 2 rings (SSSR count). The van der Waals surface area contributed by atoms with Gasteiger partial charge in [0.1, 0.15) is 6.04 Å². The van der Waals surface area contributed by atoms with Gasteiger partial charge in [-0.1, -0.05) is 23.7 Å². The Morgan fingerprint density at radius 1 is 1.29 bits per heavy atom. The first kappa shape index (κ1) is 15.8. The number of esters is 2. The van der Waals surface area contributed by atoms with Crippen LogP contribution < -0.4 is 5.32 Å². The normalized spacial score (nSPS) is 24.6. The summed E-state index contributed by atoms with van der Waals surface area (Å²) in [6, 6.07) is 6.39. The topological polar surface area (TPSA) is 64.6 Å². The summed E-state index contributed by atoms with van der Waals surface area (Å²) >= 11 is 5.88. The fourth-order valence-corrected chi connectivity index (χ4v) is 2.71. The minimum absolute atomic E-state index is 0.288. The zero-order valence-corrected chi connectivity index (χ0v) is 12.7. The van der Waals surface area contributed by atoms with E-state index in [1.165, 1.54) is 7.11 Å². The summed E-state index contributed by atoms with van der Waals surface area (Å²) in [6.45, 7) is 2.06. The van der Waals surface area contributed by atoms with Crippen LogP contribution in [-0.4, -0.2) is 31.7 Å². The van der Waals surface area contributed by atoms with E-state index < -0.39 is 12.0 Å². The Kier molecular flexibility index (Phi) is 5.20. The van der Waals surface area contributed by atoms with Crippen molar-refractivity contribution in [3.8, 4) is 0 Å². The number of rotatable bonds is 4. The minimum atomic E-state index is -0.505. The molecule has 6 heteroatoms. The van der Waals surface area contributed by atoms with Gasteiger partial charge in [0.2, 0.25) is 0 Å². The summed E-state index contributed by atoms with van der Waals surface area (Å²) in [5.74, 6) is -1.11. The van der Waals surface area contributed by atoms with Gasteiger partial charge in [-0.25, -0.2) is 0 Å². The zero-order chi connectivity index (χ0) is 15.4. The number of ether oxygens (including phenoxy) is 2. The van der Waals surface area contributed by atoms with E-state index in [-0.39, 0.29) is 18.0 Å². The highest BCUT2D eigenvalue weighted by Crippen LogP contribution is 2.34. The van der Waals surface area contributed by atoms with Crippen molar-refractivity contribution in [1.82, 2.24) is 5.32 Å². The molecular formula is C15H18ClNO4. The third-order valence-electron chi connectivity index (χ3n) is 3.58. The van der Waals surface area contributed by atoms with Gasteiger partial charge in [-0.05, 0) is 31.0 Å². The van der Waals surface area contributed by atoms with E-state index >= 15 is 0 Å². The molecular weight excluding hydrogens is 294 g/mol. The molecule has 1 heterocycles. The molecule has 5 nitrogen and oxygen atoms in total. The molecule has 21 heavy (non-hydrogen) atoms. The van der Waals surface area contributed by atoms with Crippen molar-refractivity contribution in [1.29, 1.82) is 0 Å². The van der Waals surface area contributed by atoms with Crippen LogP contribution in [0.15, 0.2) is 24.3 Å². The smallest absolute Gasteiger partial charge is 0.323 e. The molecule has 114 valence electrons. The molecule has 1 aromatic carbocycles. The number of halogens is 1. The molecule has 0 unspecified atom stereocenters. The average molecular weight is 312 g/mol. The lowest BCUT2D eigenvalue weighted by molar-refractivity contribution is -0.146. The third kappa shape index (κ3) is 3.54. The quantitative estimate of drug-likeness (QED) is 0.863. The Bertz CT molecular complexity index is 517. The molecule has 1 fully saturated rings. The molecule has 1 aliphatic rings. The first-order valence-electron chi connectivity index (χ1n) is 6.82. The zero-order valence-electron chi connectivity index (χ0n) is 12.0. The second kappa shape index (κ2) is 6.91. The first-order chi connectivity index (χ1) is 10.1. The number of benzene rings is 1.